The van der Waals surface area contributed by atoms with Crippen LogP contribution < -0.4 is 0 Å². The van der Waals surface area contributed by atoms with Crippen molar-refractivity contribution in [1.82, 2.24) is 9.21 Å². The summed E-state index contributed by atoms with van der Waals surface area (Å²) in [6.45, 7) is 9.59. The molecule has 1 saturated heterocycles. The van der Waals surface area contributed by atoms with Gasteiger partial charge in [0, 0.05) is 37.1 Å². The Morgan fingerprint density at radius 2 is 1.77 bits per heavy atom. The molecule has 0 aliphatic carbocycles. The van der Waals surface area contributed by atoms with Crippen LogP contribution in [0.25, 0.3) is 0 Å². The molecule has 0 N–H and O–H groups in total. The predicted octanol–water partition coefficient (Wildman–Crippen LogP) is 3.48. The summed E-state index contributed by atoms with van der Waals surface area (Å²) >= 11 is 1.84. The van der Waals surface area contributed by atoms with E-state index in [2.05, 4.69) is 37.1 Å². The molecule has 0 amide bonds. The van der Waals surface area contributed by atoms with Crippen molar-refractivity contribution < 1.29 is 8.42 Å². The molecule has 1 aromatic heterocycles. The van der Waals surface area contributed by atoms with E-state index >= 15 is 0 Å². The van der Waals surface area contributed by atoms with Gasteiger partial charge in [0.1, 0.15) is 0 Å². The molecule has 4 rings (SSSR count). The maximum Gasteiger partial charge on any atom is 0.243 e. The van der Waals surface area contributed by atoms with Crippen molar-refractivity contribution in [3.63, 3.8) is 0 Å². The van der Waals surface area contributed by atoms with Gasteiger partial charge in [-0.2, -0.15) is 4.31 Å². The van der Waals surface area contributed by atoms with Gasteiger partial charge < -0.3 is 0 Å². The summed E-state index contributed by atoms with van der Waals surface area (Å²) in [5, 5.41) is 2.16. The van der Waals surface area contributed by atoms with Crippen molar-refractivity contribution in [3.8, 4) is 0 Å². The van der Waals surface area contributed by atoms with Crippen LogP contribution in [-0.2, 0) is 28.4 Å². The van der Waals surface area contributed by atoms with Gasteiger partial charge in [0.05, 0.1) is 4.90 Å². The largest absolute Gasteiger partial charge is 0.293 e. The molecule has 0 unspecified atom stereocenters. The van der Waals surface area contributed by atoms with E-state index in [9.17, 15) is 8.42 Å². The zero-order valence-electron chi connectivity index (χ0n) is 15.6. The molecule has 4 nitrogen and oxygen atoms in total. The van der Waals surface area contributed by atoms with Crippen LogP contribution in [0.15, 0.2) is 40.6 Å². The van der Waals surface area contributed by atoms with E-state index in [0.29, 0.717) is 24.0 Å². The standard InChI is InChI=1S/C20H26N2O2S2/c1-20(2,3)16-4-6-18(7-5-16)26(23,24)22-13-17(14-22)21-10-8-19-15(12-21)9-11-25-19/h4-7,9,11,17H,8,10,12-14H2,1-3H3. The molecule has 26 heavy (non-hydrogen) atoms. The fourth-order valence-electron chi connectivity index (χ4n) is 3.70. The molecule has 0 bridgehead atoms. The Balaban J connectivity index is 1.42. The van der Waals surface area contributed by atoms with Gasteiger partial charge in [0.25, 0.3) is 0 Å². The van der Waals surface area contributed by atoms with Crippen molar-refractivity contribution in [2.75, 3.05) is 19.6 Å². The highest BCUT2D eigenvalue weighted by atomic mass is 32.2. The molecular formula is C20H26N2O2S2. The van der Waals surface area contributed by atoms with Gasteiger partial charge in [-0.25, -0.2) is 8.42 Å². The Labute approximate surface area is 160 Å². The minimum atomic E-state index is -3.38. The van der Waals surface area contributed by atoms with Crippen molar-refractivity contribution in [3.05, 3.63) is 51.7 Å². The highest BCUT2D eigenvalue weighted by molar-refractivity contribution is 7.89. The Hall–Kier alpha value is -1.21. The zero-order valence-corrected chi connectivity index (χ0v) is 17.2. The topological polar surface area (TPSA) is 40.6 Å². The zero-order chi connectivity index (χ0) is 18.5. The summed E-state index contributed by atoms with van der Waals surface area (Å²) in [7, 11) is -3.38. The van der Waals surface area contributed by atoms with Gasteiger partial charge in [-0.3, -0.25) is 4.90 Å². The molecule has 0 saturated carbocycles. The lowest BCUT2D eigenvalue weighted by Crippen LogP contribution is -2.61. The van der Waals surface area contributed by atoms with Gasteiger partial charge in [-0.1, -0.05) is 32.9 Å². The number of thiophene rings is 1. The lowest BCUT2D eigenvalue weighted by molar-refractivity contribution is 0.0775. The summed E-state index contributed by atoms with van der Waals surface area (Å²) in [6.07, 6.45) is 1.09. The monoisotopic (exact) mass is 390 g/mol. The van der Waals surface area contributed by atoms with E-state index in [0.717, 1.165) is 25.1 Å². The molecule has 140 valence electrons. The molecule has 0 spiro atoms. The average Bonchev–Trinajstić information content (AvgIpc) is 3.00. The van der Waals surface area contributed by atoms with E-state index in [1.54, 1.807) is 16.4 Å². The second kappa shape index (κ2) is 6.44. The third kappa shape index (κ3) is 3.24. The Morgan fingerprint density at radius 3 is 2.42 bits per heavy atom. The van der Waals surface area contributed by atoms with Gasteiger partial charge in [0.15, 0.2) is 0 Å². The number of rotatable bonds is 3. The van der Waals surface area contributed by atoms with Crippen LogP contribution in [0.4, 0.5) is 0 Å². The molecule has 6 heteroatoms. The lowest BCUT2D eigenvalue weighted by Gasteiger charge is -2.45. The number of sulfonamides is 1. The van der Waals surface area contributed by atoms with E-state index in [4.69, 9.17) is 0 Å². The molecule has 2 aliphatic rings. The van der Waals surface area contributed by atoms with Crippen LogP contribution in [0.5, 0.6) is 0 Å². The van der Waals surface area contributed by atoms with E-state index in [1.807, 2.05) is 23.5 Å². The Morgan fingerprint density at radius 1 is 1.08 bits per heavy atom. The van der Waals surface area contributed by atoms with E-state index < -0.39 is 10.0 Å². The summed E-state index contributed by atoms with van der Waals surface area (Å²) in [5.74, 6) is 0. The highest BCUT2D eigenvalue weighted by Crippen LogP contribution is 2.31. The van der Waals surface area contributed by atoms with Crippen molar-refractivity contribution in [1.29, 1.82) is 0 Å². The van der Waals surface area contributed by atoms with Gasteiger partial charge in [0.2, 0.25) is 10.0 Å². The summed E-state index contributed by atoms with van der Waals surface area (Å²) in [4.78, 5) is 4.33. The molecule has 0 radical (unpaired) electrons. The molecule has 2 aliphatic heterocycles. The number of hydrogen-bond acceptors (Lipinski definition) is 4. The van der Waals surface area contributed by atoms with Crippen molar-refractivity contribution in [2.24, 2.45) is 0 Å². The van der Waals surface area contributed by atoms with Crippen LogP contribution >= 0.6 is 11.3 Å². The predicted molar refractivity (Wildman–Crippen MR) is 106 cm³/mol. The minimum Gasteiger partial charge on any atom is -0.293 e. The molecular weight excluding hydrogens is 364 g/mol. The first kappa shape index (κ1) is 18.2. The smallest absolute Gasteiger partial charge is 0.243 e. The molecule has 1 aromatic carbocycles. The first-order valence-electron chi connectivity index (χ1n) is 9.15. The van der Waals surface area contributed by atoms with Crippen LogP contribution in [0, 0.1) is 0 Å². The third-order valence-corrected chi connectivity index (χ3v) is 8.41. The number of nitrogens with zero attached hydrogens (tertiary/aromatic N) is 2. The maximum atomic E-state index is 12.9. The van der Waals surface area contributed by atoms with E-state index in [-0.39, 0.29) is 5.41 Å². The fourth-order valence-corrected chi connectivity index (χ4v) is 6.11. The maximum absolute atomic E-state index is 12.9. The second-order valence-corrected chi connectivity index (χ2v) is 11.3. The number of benzene rings is 1. The highest BCUT2D eigenvalue weighted by Gasteiger charge is 2.40. The van der Waals surface area contributed by atoms with Crippen LogP contribution in [0.3, 0.4) is 0 Å². The minimum absolute atomic E-state index is 0.0267. The first-order chi connectivity index (χ1) is 12.2. The van der Waals surface area contributed by atoms with Crippen LogP contribution in [0.1, 0.15) is 36.8 Å². The lowest BCUT2D eigenvalue weighted by atomic mass is 9.87. The van der Waals surface area contributed by atoms with Gasteiger partial charge in [-0.05, 0) is 46.5 Å². The average molecular weight is 391 g/mol. The quantitative estimate of drug-likeness (QED) is 0.806. The molecule has 3 heterocycles. The van der Waals surface area contributed by atoms with E-state index in [1.165, 1.54) is 10.4 Å². The van der Waals surface area contributed by atoms with Crippen molar-refractivity contribution >= 4 is 21.4 Å². The molecule has 2 aromatic rings. The van der Waals surface area contributed by atoms with Crippen LogP contribution in [0.2, 0.25) is 0 Å². The summed E-state index contributed by atoms with van der Waals surface area (Å²) in [5.41, 5.74) is 2.59. The Kier molecular flexibility index (Phi) is 4.50. The fraction of sp³-hybridized carbons (Fsp3) is 0.500. The second-order valence-electron chi connectivity index (χ2n) is 8.34. The SMILES string of the molecule is CC(C)(C)c1ccc(S(=O)(=O)N2CC(N3CCc4sccc4C3)C2)cc1. The van der Waals surface area contributed by atoms with Crippen LogP contribution in [-0.4, -0.2) is 43.3 Å². The normalized spacial score (nSPS) is 20.0. The number of hydrogen-bond donors (Lipinski definition) is 0. The Bertz CT molecular complexity index is 889. The van der Waals surface area contributed by atoms with Gasteiger partial charge in [-0.15, -0.1) is 11.3 Å². The number of fused-ring (bicyclic) bond motifs is 1. The summed E-state index contributed by atoms with van der Waals surface area (Å²) in [6, 6.07) is 9.92. The van der Waals surface area contributed by atoms with Crippen molar-refractivity contribution in [2.45, 2.75) is 50.1 Å². The molecule has 1 fully saturated rings. The van der Waals surface area contributed by atoms with Gasteiger partial charge >= 0.3 is 0 Å². The first-order valence-corrected chi connectivity index (χ1v) is 11.5. The molecule has 0 atom stereocenters. The summed E-state index contributed by atoms with van der Waals surface area (Å²) < 4.78 is 27.4. The third-order valence-electron chi connectivity index (χ3n) is 5.54.